The summed E-state index contributed by atoms with van der Waals surface area (Å²) in [5.41, 5.74) is 3.41. The van der Waals surface area contributed by atoms with Crippen LogP contribution in [0.3, 0.4) is 0 Å². The Morgan fingerprint density at radius 2 is 1.75 bits per heavy atom. The molecule has 124 valence electrons. The largest absolute Gasteiger partial charge is 0.508 e. The number of hydrogen-bond donors (Lipinski definition) is 2. The summed E-state index contributed by atoms with van der Waals surface area (Å²) in [6.45, 7) is 4.43. The monoisotopic (exact) mass is 324 g/mol. The van der Waals surface area contributed by atoms with Crippen molar-refractivity contribution < 1.29 is 14.7 Å². The lowest BCUT2D eigenvalue weighted by molar-refractivity contribution is -0.147. The first kappa shape index (κ1) is 16.1. The van der Waals surface area contributed by atoms with Crippen molar-refractivity contribution in [2.75, 3.05) is 11.9 Å². The highest BCUT2D eigenvalue weighted by molar-refractivity contribution is 5.99. The molecule has 2 aromatic rings. The second kappa shape index (κ2) is 6.35. The van der Waals surface area contributed by atoms with Gasteiger partial charge in [0.05, 0.1) is 0 Å². The first-order valence-corrected chi connectivity index (χ1v) is 7.93. The highest BCUT2D eigenvalue weighted by atomic mass is 16.3. The molecule has 2 amide bonds. The maximum atomic E-state index is 12.9. The lowest BCUT2D eigenvalue weighted by atomic mass is 9.99. The summed E-state index contributed by atoms with van der Waals surface area (Å²) in [7, 11) is 0. The van der Waals surface area contributed by atoms with Gasteiger partial charge in [-0.3, -0.25) is 9.59 Å². The van der Waals surface area contributed by atoms with Gasteiger partial charge in [-0.25, -0.2) is 0 Å². The van der Waals surface area contributed by atoms with Gasteiger partial charge in [0.25, 0.3) is 5.91 Å². The second-order valence-electron chi connectivity index (χ2n) is 6.09. The van der Waals surface area contributed by atoms with Crippen molar-refractivity contribution in [3.63, 3.8) is 0 Å². The van der Waals surface area contributed by atoms with Crippen LogP contribution in [0.2, 0.25) is 0 Å². The topological polar surface area (TPSA) is 69.6 Å². The number of likely N-dealkylation sites (tertiary alicyclic amines) is 1. The van der Waals surface area contributed by atoms with E-state index in [0.29, 0.717) is 18.5 Å². The van der Waals surface area contributed by atoms with Gasteiger partial charge in [-0.1, -0.05) is 30.3 Å². The zero-order chi connectivity index (χ0) is 17.3. The van der Waals surface area contributed by atoms with Crippen LogP contribution in [0.5, 0.6) is 5.75 Å². The van der Waals surface area contributed by atoms with Crippen molar-refractivity contribution in [2.45, 2.75) is 26.3 Å². The lowest BCUT2D eigenvalue weighted by Crippen LogP contribution is -2.49. The van der Waals surface area contributed by atoms with Crippen molar-refractivity contribution in [1.29, 1.82) is 0 Å². The zero-order valence-electron chi connectivity index (χ0n) is 13.7. The van der Waals surface area contributed by atoms with Crippen molar-refractivity contribution >= 4 is 17.5 Å². The Bertz CT molecular complexity index is 763. The maximum absolute atomic E-state index is 12.9. The molecule has 3 rings (SSSR count). The Balaban J connectivity index is 1.92. The number of phenols is 1. The third-order valence-corrected chi connectivity index (χ3v) is 4.39. The predicted octanol–water partition coefficient (Wildman–Crippen LogP) is 2.92. The number of carbonyl (C=O) groups is 2. The summed E-state index contributed by atoms with van der Waals surface area (Å²) < 4.78 is 0. The van der Waals surface area contributed by atoms with Crippen molar-refractivity contribution in [1.82, 2.24) is 4.90 Å². The van der Waals surface area contributed by atoms with E-state index in [1.807, 2.05) is 32.0 Å². The van der Waals surface area contributed by atoms with Crippen LogP contribution in [0.4, 0.5) is 5.69 Å². The van der Waals surface area contributed by atoms with E-state index in [9.17, 15) is 14.7 Å². The van der Waals surface area contributed by atoms with Crippen LogP contribution in [0.25, 0.3) is 0 Å². The molecule has 0 radical (unpaired) electrons. The van der Waals surface area contributed by atoms with E-state index in [0.717, 1.165) is 16.8 Å². The number of amides is 2. The number of anilines is 1. The number of β-lactam (4-membered cyclic amide) rings is 1. The number of aryl methyl sites for hydroxylation is 2. The SMILES string of the molecule is Cc1cccc(C)c1NC(=O)[C@@H](c1ccc(O)cc1)N1CCC1=O. The van der Waals surface area contributed by atoms with Gasteiger partial charge < -0.3 is 15.3 Å². The van der Waals surface area contributed by atoms with Crippen LogP contribution in [0.15, 0.2) is 42.5 Å². The quantitative estimate of drug-likeness (QED) is 0.850. The van der Waals surface area contributed by atoms with E-state index in [2.05, 4.69) is 5.32 Å². The van der Waals surface area contributed by atoms with E-state index in [4.69, 9.17) is 0 Å². The number of rotatable bonds is 4. The molecule has 0 aromatic heterocycles. The van der Waals surface area contributed by atoms with Gasteiger partial charge in [0.1, 0.15) is 11.8 Å². The summed E-state index contributed by atoms with van der Waals surface area (Å²) in [6, 6.07) is 11.5. The molecule has 2 N–H and O–H groups in total. The average Bonchev–Trinajstić information content (AvgIpc) is 2.55. The number of carbonyl (C=O) groups excluding carboxylic acids is 2. The average molecular weight is 324 g/mol. The normalized spacial score (nSPS) is 14.9. The molecule has 1 saturated heterocycles. The molecule has 2 aromatic carbocycles. The third-order valence-electron chi connectivity index (χ3n) is 4.39. The van der Waals surface area contributed by atoms with Gasteiger partial charge >= 0.3 is 0 Å². The van der Waals surface area contributed by atoms with Crippen LogP contribution < -0.4 is 5.32 Å². The number of aromatic hydroxyl groups is 1. The van der Waals surface area contributed by atoms with Crippen molar-refractivity contribution in [3.8, 4) is 5.75 Å². The molecule has 5 nitrogen and oxygen atoms in total. The molecular formula is C19H20N2O3. The maximum Gasteiger partial charge on any atom is 0.251 e. The molecule has 0 aliphatic carbocycles. The first-order valence-electron chi connectivity index (χ1n) is 7.93. The van der Waals surface area contributed by atoms with Gasteiger partial charge in [0, 0.05) is 18.7 Å². The summed E-state index contributed by atoms with van der Waals surface area (Å²) in [6.07, 6.45) is 0.464. The van der Waals surface area contributed by atoms with Crippen molar-refractivity contribution in [2.24, 2.45) is 0 Å². The second-order valence-corrected chi connectivity index (χ2v) is 6.09. The van der Waals surface area contributed by atoms with Crippen LogP contribution in [-0.4, -0.2) is 28.4 Å². The fourth-order valence-electron chi connectivity index (χ4n) is 2.94. The van der Waals surface area contributed by atoms with Crippen LogP contribution in [0.1, 0.15) is 29.2 Å². The molecule has 1 fully saturated rings. The zero-order valence-corrected chi connectivity index (χ0v) is 13.7. The Labute approximate surface area is 140 Å². The van der Waals surface area contributed by atoms with Crippen LogP contribution in [-0.2, 0) is 9.59 Å². The highest BCUT2D eigenvalue weighted by Gasteiger charge is 2.36. The first-order chi connectivity index (χ1) is 11.5. The smallest absolute Gasteiger partial charge is 0.251 e. The van der Waals surface area contributed by atoms with Gasteiger partial charge in [0.15, 0.2) is 0 Å². The van der Waals surface area contributed by atoms with Gasteiger partial charge in [-0.05, 0) is 42.7 Å². The molecule has 24 heavy (non-hydrogen) atoms. The van der Waals surface area contributed by atoms with E-state index in [1.54, 1.807) is 17.0 Å². The summed E-state index contributed by atoms with van der Waals surface area (Å²) in [4.78, 5) is 26.4. The fourth-order valence-corrected chi connectivity index (χ4v) is 2.94. The molecule has 1 aliphatic rings. The van der Waals surface area contributed by atoms with Gasteiger partial charge in [-0.15, -0.1) is 0 Å². The van der Waals surface area contributed by atoms with Crippen molar-refractivity contribution in [3.05, 3.63) is 59.2 Å². The molecular weight excluding hydrogens is 304 g/mol. The Morgan fingerprint density at radius 3 is 2.25 bits per heavy atom. The Kier molecular flexibility index (Phi) is 4.25. The number of phenolic OH excluding ortho intramolecular Hbond substituents is 1. The molecule has 0 unspecified atom stereocenters. The fraction of sp³-hybridized carbons (Fsp3) is 0.263. The number of para-hydroxylation sites is 1. The summed E-state index contributed by atoms with van der Waals surface area (Å²) >= 11 is 0. The van der Waals surface area contributed by atoms with Crippen LogP contribution >= 0.6 is 0 Å². The van der Waals surface area contributed by atoms with Gasteiger partial charge in [0.2, 0.25) is 5.91 Å². The standard InChI is InChI=1S/C19H20N2O3/c1-12-4-3-5-13(2)17(12)20-19(24)18(21-11-10-16(21)23)14-6-8-15(22)9-7-14/h3-9,18,22H,10-11H2,1-2H3,(H,20,24)/t18-/m1/s1. The Morgan fingerprint density at radius 1 is 1.12 bits per heavy atom. The van der Waals surface area contributed by atoms with E-state index in [1.165, 1.54) is 12.1 Å². The minimum Gasteiger partial charge on any atom is -0.508 e. The number of nitrogens with zero attached hydrogens (tertiary/aromatic N) is 1. The minimum atomic E-state index is -0.689. The van der Waals surface area contributed by atoms with E-state index >= 15 is 0 Å². The molecule has 5 heteroatoms. The Hall–Kier alpha value is -2.82. The van der Waals surface area contributed by atoms with E-state index < -0.39 is 6.04 Å². The molecule has 1 heterocycles. The molecule has 1 atom stereocenters. The third kappa shape index (κ3) is 2.97. The summed E-state index contributed by atoms with van der Waals surface area (Å²) in [5, 5.41) is 12.4. The number of benzene rings is 2. The molecule has 0 saturated carbocycles. The minimum absolute atomic E-state index is 0.0373. The number of hydrogen-bond acceptors (Lipinski definition) is 3. The highest BCUT2D eigenvalue weighted by Crippen LogP contribution is 2.30. The van der Waals surface area contributed by atoms with Gasteiger partial charge in [-0.2, -0.15) is 0 Å². The van der Waals surface area contributed by atoms with Crippen LogP contribution in [0, 0.1) is 13.8 Å². The molecule has 1 aliphatic heterocycles. The molecule has 0 bridgehead atoms. The lowest BCUT2D eigenvalue weighted by Gasteiger charge is -2.37. The molecule has 0 spiro atoms. The summed E-state index contributed by atoms with van der Waals surface area (Å²) in [5.74, 6) is -0.154. The van der Waals surface area contributed by atoms with E-state index in [-0.39, 0.29) is 17.6 Å². The number of nitrogens with one attached hydrogen (secondary N) is 1. The predicted molar refractivity (Wildman–Crippen MR) is 91.7 cm³/mol.